The van der Waals surface area contributed by atoms with E-state index in [0.29, 0.717) is 11.4 Å². The SMILES string of the molecule is CC1CC(=O)N(c2cccc(N3C(=O)CC(I)C3=O)c2)C1=O. The van der Waals surface area contributed by atoms with E-state index in [0.717, 1.165) is 9.80 Å². The quantitative estimate of drug-likeness (QED) is 0.421. The Labute approximate surface area is 140 Å². The predicted molar refractivity (Wildman–Crippen MR) is 87.6 cm³/mol. The summed E-state index contributed by atoms with van der Waals surface area (Å²) >= 11 is 1.94. The molecule has 22 heavy (non-hydrogen) atoms. The van der Waals surface area contributed by atoms with E-state index in [2.05, 4.69) is 0 Å². The molecule has 0 spiro atoms. The van der Waals surface area contributed by atoms with Crippen molar-refractivity contribution in [1.29, 1.82) is 0 Å². The van der Waals surface area contributed by atoms with Crippen LogP contribution in [0, 0.1) is 5.92 Å². The third-order valence-corrected chi connectivity index (χ3v) is 4.78. The number of halogens is 1. The molecule has 2 unspecified atom stereocenters. The highest BCUT2D eigenvalue weighted by atomic mass is 127. The number of nitrogens with zero attached hydrogens (tertiary/aromatic N) is 2. The molecule has 1 aromatic rings. The van der Waals surface area contributed by atoms with Gasteiger partial charge in [0.25, 0.3) is 0 Å². The van der Waals surface area contributed by atoms with Crippen molar-refractivity contribution in [3.8, 4) is 0 Å². The fourth-order valence-electron chi connectivity index (χ4n) is 2.69. The van der Waals surface area contributed by atoms with E-state index in [1.807, 2.05) is 22.6 Å². The van der Waals surface area contributed by atoms with Gasteiger partial charge >= 0.3 is 0 Å². The molecule has 2 atom stereocenters. The minimum atomic E-state index is -0.371. The van der Waals surface area contributed by atoms with Crippen LogP contribution in [0.25, 0.3) is 0 Å². The molecule has 0 radical (unpaired) electrons. The summed E-state index contributed by atoms with van der Waals surface area (Å²) in [6.07, 6.45) is 0.350. The van der Waals surface area contributed by atoms with Gasteiger partial charge in [-0.05, 0) is 18.2 Å². The maximum Gasteiger partial charge on any atom is 0.247 e. The maximum atomic E-state index is 12.1. The Bertz CT molecular complexity index is 647. The van der Waals surface area contributed by atoms with Crippen LogP contribution in [0.15, 0.2) is 24.3 Å². The number of hydrogen-bond donors (Lipinski definition) is 0. The summed E-state index contributed by atoms with van der Waals surface area (Å²) in [5.74, 6) is -1.40. The summed E-state index contributed by atoms with van der Waals surface area (Å²) in [5, 5.41) is 0. The van der Waals surface area contributed by atoms with Gasteiger partial charge in [-0.25, -0.2) is 4.90 Å². The van der Waals surface area contributed by atoms with Crippen LogP contribution in [-0.4, -0.2) is 27.6 Å². The molecule has 3 rings (SSSR count). The van der Waals surface area contributed by atoms with Gasteiger partial charge in [0.2, 0.25) is 23.6 Å². The Balaban J connectivity index is 1.97. The molecule has 7 heteroatoms. The van der Waals surface area contributed by atoms with Crippen LogP contribution in [0.5, 0.6) is 0 Å². The molecule has 2 saturated heterocycles. The molecule has 0 aromatic heterocycles. The lowest BCUT2D eigenvalue weighted by Crippen LogP contribution is -2.32. The van der Waals surface area contributed by atoms with Crippen molar-refractivity contribution in [2.45, 2.75) is 23.7 Å². The van der Waals surface area contributed by atoms with Gasteiger partial charge in [-0.2, -0.15) is 0 Å². The average Bonchev–Trinajstić information content (AvgIpc) is 2.86. The van der Waals surface area contributed by atoms with Crippen LogP contribution in [-0.2, 0) is 19.2 Å². The summed E-state index contributed by atoms with van der Waals surface area (Å²) in [5.41, 5.74) is 0.793. The molecule has 0 bridgehead atoms. The van der Waals surface area contributed by atoms with Gasteiger partial charge in [0.05, 0.1) is 15.3 Å². The minimum absolute atomic E-state index is 0.169. The van der Waals surface area contributed by atoms with Gasteiger partial charge in [0.15, 0.2) is 0 Å². The highest BCUT2D eigenvalue weighted by molar-refractivity contribution is 14.1. The molecule has 2 heterocycles. The monoisotopic (exact) mass is 412 g/mol. The number of alkyl halides is 1. The first-order valence-corrected chi connectivity index (χ1v) is 8.12. The van der Waals surface area contributed by atoms with E-state index in [4.69, 9.17) is 0 Å². The summed E-state index contributed by atoms with van der Waals surface area (Å²) in [7, 11) is 0. The number of benzene rings is 1. The number of rotatable bonds is 2. The van der Waals surface area contributed by atoms with Crippen LogP contribution >= 0.6 is 22.6 Å². The van der Waals surface area contributed by atoms with Gasteiger partial charge in [0.1, 0.15) is 0 Å². The van der Waals surface area contributed by atoms with Crippen LogP contribution in [0.3, 0.4) is 0 Å². The van der Waals surface area contributed by atoms with Crippen LogP contribution in [0.2, 0.25) is 0 Å². The zero-order valence-electron chi connectivity index (χ0n) is 11.8. The molecule has 0 N–H and O–H groups in total. The molecule has 114 valence electrons. The fraction of sp³-hybridized carbons (Fsp3) is 0.333. The average molecular weight is 412 g/mol. The Hall–Kier alpha value is -1.77. The van der Waals surface area contributed by atoms with Crippen molar-refractivity contribution in [3.63, 3.8) is 0 Å². The van der Waals surface area contributed by atoms with E-state index in [9.17, 15) is 19.2 Å². The van der Waals surface area contributed by atoms with E-state index in [-0.39, 0.29) is 46.3 Å². The molecule has 4 amide bonds. The first kappa shape index (κ1) is 15.1. The third-order valence-electron chi connectivity index (χ3n) is 3.81. The van der Waals surface area contributed by atoms with Crippen LogP contribution in [0.1, 0.15) is 19.8 Å². The number of carbonyl (C=O) groups excluding carboxylic acids is 4. The fourth-order valence-corrected chi connectivity index (χ4v) is 3.35. The second-order valence-electron chi connectivity index (χ2n) is 5.43. The summed E-state index contributed by atoms with van der Waals surface area (Å²) in [4.78, 5) is 50.3. The molecule has 2 aliphatic heterocycles. The molecule has 1 aromatic carbocycles. The number of imide groups is 2. The minimum Gasteiger partial charge on any atom is -0.274 e. The molecule has 0 aliphatic carbocycles. The standard InChI is InChI=1S/C15H13IN2O4/c1-8-5-12(19)17(14(8)21)9-3-2-4-10(6-9)18-13(20)7-11(16)15(18)22/h2-4,6,8,11H,5,7H2,1H3. The Morgan fingerprint density at radius 2 is 1.50 bits per heavy atom. The van der Waals surface area contributed by atoms with Gasteiger partial charge in [-0.15, -0.1) is 0 Å². The molecule has 2 aliphatic rings. The second kappa shape index (κ2) is 5.45. The molecular formula is C15H13IN2O4. The van der Waals surface area contributed by atoms with E-state index >= 15 is 0 Å². The van der Waals surface area contributed by atoms with Crippen molar-refractivity contribution in [2.24, 2.45) is 5.92 Å². The zero-order chi connectivity index (χ0) is 16.0. The normalized spacial score (nSPS) is 25.5. The molecule has 2 fully saturated rings. The molecule has 0 saturated carbocycles. The van der Waals surface area contributed by atoms with Crippen molar-refractivity contribution in [2.75, 3.05) is 9.80 Å². The summed E-state index contributed by atoms with van der Waals surface area (Å²) in [6.45, 7) is 1.71. The predicted octanol–water partition coefficient (Wildman–Crippen LogP) is 1.65. The van der Waals surface area contributed by atoms with Gasteiger partial charge in [-0.3, -0.25) is 24.1 Å². The largest absolute Gasteiger partial charge is 0.274 e. The zero-order valence-corrected chi connectivity index (χ0v) is 13.9. The third kappa shape index (κ3) is 2.33. The van der Waals surface area contributed by atoms with E-state index in [1.54, 1.807) is 25.1 Å². The van der Waals surface area contributed by atoms with Crippen LogP contribution < -0.4 is 9.80 Å². The number of amides is 4. The summed E-state index contributed by atoms with van der Waals surface area (Å²) in [6, 6.07) is 6.43. The second-order valence-corrected chi connectivity index (χ2v) is 6.94. The van der Waals surface area contributed by atoms with E-state index < -0.39 is 0 Å². The highest BCUT2D eigenvalue weighted by Gasteiger charge is 2.39. The van der Waals surface area contributed by atoms with Crippen molar-refractivity contribution < 1.29 is 19.2 Å². The van der Waals surface area contributed by atoms with Gasteiger partial charge < -0.3 is 0 Å². The number of carbonyl (C=O) groups is 4. The first-order chi connectivity index (χ1) is 10.4. The maximum absolute atomic E-state index is 12.1. The lowest BCUT2D eigenvalue weighted by molar-refractivity contribution is -0.123. The molecular weight excluding hydrogens is 399 g/mol. The van der Waals surface area contributed by atoms with Gasteiger partial charge in [0, 0.05) is 18.8 Å². The lowest BCUT2D eigenvalue weighted by atomic mass is 10.1. The van der Waals surface area contributed by atoms with Crippen molar-refractivity contribution in [1.82, 2.24) is 0 Å². The Morgan fingerprint density at radius 3 is 1.95 bits per heavy atom. The summed E-state index contributed by atoms with van der Waals surface area (Å²) < 4.78 is -0.371. The Kier molecular flexibility index (Phi) is 3.75. The van der Waals surface area contributed by atoms with E-state index in [1.165, 1.54) is 6.07 Å². The Morgan fingerprint density at radius 1 is 0.955 bits per heavy atom. The number of anilines is 2. The van der Waals surface area contributed by atoms with Crippen molar-refractivity contribution in [3.05, 3.63) is 24.3 Å². The molecule has 6 nitrogen and oxygen atoms in total. The lowest BCUT2D eigenvalue weighted by Gasteiger charge is -2.19. The topological polar surface area (TPSA) is 74.8 Å². The van der Waals surface area contributed by atoms with Gasteiger partial charge in [-0.1, -0.05) is 35.6 Å². The van der Waals surface area contributed by atoms with Crippen molar-refractivity contribution >= 4 is 57.6 Å². The highest BCUT2D eigenvalue weighted by Crippen LogP contribution is 2.32. The smallest absolute Gasteiger partial charge is 0.247 e. The first-order valence-electron chi connectivity index (χ1n) is 6.88. The van der Waals surface area contributed by atoms with Crippen LogP contribution in [0.4, 0.5) is 11.4 Å². The number of hydrogen-bond acceptors (Lipinski definition) is 4.